The smallest absolute Gasteiger partial charge is 0.190 e. The SMILES string of the molecule is CCCNC(=S)Nc1nc2ccc(OC)cc2s1. The van der Waals surface area contributed by atoms with Gasteiger partial charge in [-0.05, 0) is 36.8 Å². The Balaban J connectivity index is 2.12. The summed E-state index contributed by atoms with van der Waals surface area (Å²) in [5, 5.41) is 7.61. The van der Waals surface area contributed by atoms with Gasteiger partial charge in [-0.25, -0.2) is 4.98 Å². The summed E-state index contributed by atoms with van der Waals surface area (Å²) in [5.74, 6) is 0.837. The Labute approximate surface area is 115 Å². The lowest BCUT2D eigenvalue weighted by atomic mass is 10.3. The molecule has 1 aromatic carbocycles. The van der Waals surface area contributed by atoms with Crippen molar-refractivity contribution in [3.8, 4) is 5.75 Å². The molecule has 18 heavy (non-hydrogen) atoms. The first-order valence-electron chi connectivity index (χ1n) is 5.72. The largest absolute Gasteiger partial charge is 0.497 e. The summed E-state index contributed by atoms with van der Waals surface area (Å²) in [7, 11) is 1.66. The number of hydrogen-bond donors (Lipinski definition) is 2. The monoisotopic (exact) mass is 281 g/mol. The molecule has 4 nitrogen and oxygen atoms in total. The Hall–Kier alpha value is -1.40. The van der Waals surface area contributed by atoms with Gasteiger partial charge in [-0.3, -0.25) is 0 Å². The van der Waals surface area contributed by atoms with Gasteiger partial charge in [0.1, 0.15) is 5.75 Å². The van der Waals surface area contributed by atoms with Crippen molar-refractivity contribution in [1.29, 1.82) is 0 Å². The predicted molar refractivity (Wildman–Crippen MR) is 80.7 cm³/mol. The molecule has 0 unspecified atom stereocenters. The van der Waals surface area contributed by atoms with Crippen LogP contribution < -0.4 is 15.4 Å². The zero-order chi connectivity index (χ0) is 13.0. The van der Waals surface area contributed by atoms with Crippen LogP contribution in [0.5, 0.6) is 5.75 Å². The van der Waals surface area contributed by atoms with Gasteiger partial charge in [0.25, 0.3) is 0 Å². The van der Waals surface area contributed by atoms with E-state index in [0.29, 0.717) is 5.11 Å². The fourth-order valence-corrected chi connectivity index (χ4v) is 2.63. The molecule has 6 heteroatoms. The van der Waals surface area contributed by atoms with Gasteiger partial charge in [0.05, 0.1) is 17.3 Å². The number of methoxy groups -OCH3 is 1. The summed E-state index contributed by atoms with van der Waals surface area (Å²) < 4.78 is 6.26. The second-order valence-corrected chi connectivity index (χ2v) is 5.17. The van der Waals surface area contributed by atoms with Crippen LogP contribution in [-0.2, 0) is 0 Å². The molecule has 0 saturated carbocycles. The van der Waals surface area contributed by atoms with Crippen LogP contribution >= 0.6 is 23.6 Å². The molecule has 0 fully saturated rings. The Morgan fingerprint density at radius 3 is 3.06 bits per heavy atom. The summed E-state index contributed by atoms with van der Waals surface area (Å²) in [4.78, 5) is 4.46. The van der Waals surface area contributed by atoms with Crippen LogP contribution in [-0.4, -0.2) is 23.8 Å². The lowest BCUT2D eigenvalue weighted by molar-refractivity contribution is 0.415. The van der Waals surface area contributed by atoms with E-state index >= 15 is 0 Å². The number of anilines is 1. The minimum absolute atomic E-state index is 0.614. The van der Waals surface area contributed by atoms with E-state index in [1.165, 1.54) is 0 Å². The predicted octanol–water partition coefficient (Wildman–Crippen LogP) is 3.00. The molecule has 2 rings (SSSR count). The molecular weight excluding hydrogens is 266 g/mol. The quantitative estimate of drug-likeness (QED) is 0.844. The number of hydrogen-bond acceptors (Lipinski definition) is 4. The van der Waals surface area contributed by atoms with E-state index < -0.39 is 0 Å². The van der Waals surface area contributed by atoms with Crippen molar-refractivity contribution in [2.24, 2.45) is 0 Å². The van der Waals surface area contributed by atoms with E-state index in [0.717, 1.165) is 34.1 Å². The third kappa shape index (κ3) is 3.08. The molecule has 0 bridgehead atoms. The van der Waals surface area contributed by atoms with Crippen molar-refractivity contribution in [2.75, 3.05) is 19.0 Å². The fourth-order valence-electron chi connectivity index (χ4n) is 1.47. The van der Waals surface area contributed by atoms with Crippen LogP contribution in [0.3, 0.4) is 0 Å². The number of nitrogens with one attached hydrogen (secondary N) is 2. The van der Waals surface area contributed by atoms with Crippen LogP contribution in [0, 0.1) is 0 Å². The number of rotatable bonds is 4. The van der Waals surface area contributed by atoms with Crippen molar-refractivity contribution >= 4 is 44.0 Å². The molecule has 0 saturated heterocycles. The molecule has 0 radical (unpaired) electrons. The summed E-state index contributed by atoms with van der Waals surface area (Å²) in [6.45, 7) is 2.96. The van der Waals surface area contributed by atoms with Gasteiger partial charge in [0.15, 0.2) is 10.2 Å². The van der Waals surface area contributed by atoms with Gasteiger partial charge >= 0.3 is 0 Å². The van der Waals surface area contributed by atoms with Gasteiger partial charge in [-0.2, -0.15) is 0 Å². The standard InChI is InChI=1S/C12H15N3OS2/c1-3-6-13-11(17)15-12-14-9-5-4-8(16-2)7-10(9)18-12/h4-5,7H,3,6H2,1-2H3,(H2,13,14,15,17). The van der Waals surface area contributed by atoms with E-state index in [-0.39, 0.29) is 0 Å². The minimum Gasteiger partial charge on any atom is -0.497 e. The van der Waals surface area contributed by atoms with Gasteiger partial charge in [0.2, 0.25) is 0 Å². The molecule has 1 heterocycles. The van der Waals surface area contributed by atoms with E-state index in [1.807, 2.05) is 18.2 Å². The van der Waals surface area contributed by atoms with Gasteiger partial charge in [-0.1, -0.05) is 18.3 Å². The van der Waals surface area contributed by atoms with Crippen LogP contribution in [0.25, 0.3) is 10.2 Å². The van der Waals surface area contributed by atoms with Crippen LogP contribution in [0.15, 0.2) is 18.2 Å². The zero-order valence-corrected chi connectivity index (χ0v) is 12.0. The molecule has 0 atom stereocenters. The summed E-state index contributed by atoms with van der Waals surface area (Å²) in [6.07, 6.45) is 1.04. The number of fused-ring (bicyclic) bond motifs is 1. The van der Waals surface area contributed by atoms with Gasteiger partial charge < -0.3 is 15.4 Å². The third-order valence-corrected chi connectivity index (χ3v) is 3.53. The van der Waals surface area contributed by atoms with E-state index in [9.17, 15) is 0 Å². The number of ether oxygens (including phenoxy) is 1. The van der Waals surface area contributed by atoms with Crippen molar-refractivity contribution < 1.29 is 4.74 Å². The molecule has 0 spiro atoms. The lowest BCUT2D eigenvalue weighted by Crippen LogP contribution is -2.28. The highest BCUT2D eigenvalue weighted by atomic mass is 32.1. The first-order chi connectivity index (χ1) is 8.72. The molecule has 1 aromatic heterocycles. The topological polar surface area (TPSA) is 46.2 Å². The third-order valence-electron chi connectivity index (χ3n) is 2.35. The van der Waals surface area contributed by atoms with E-state index in [4.69, 9.17) is 17.0 Å². The molecule has 2 aromatic rings. The molecule has 96 valence electrons. The van der Waals surface area contributed by atoms with Gasteiger partial charge in [-0.15, -0.1) is 0 Å². The normalized spacial score (nSPS) is 10.3. The fraction of sp³-hybridized carbons (Fsp3) is 0.333. The number of nitrogens with zero attached hydrogens (tertiary/aromatic N) is 1. The van der Waals surface area contributed by atoms with Crippen molar-refractivity contribution in [3.05, 3.63) is 18.2 Å². The van der Waals surface area contributed by atoms with Crippen LogP contribution in [0.4, 0.5) is 5.13 Å². The summed E-state index contributed by atoms with van der Waals surface area (Å²) in [6, 6.07) is 5.82. The van der Waals surface area contributed by atoms with E-state index in [1.54, 1.807) is 18.4 Å². The Morgan fingerprint density at radius 1 is 1.50 bits per heavy atom. The first-order valence-corrected chi connectivity index (χ1v) is 6.95. The molecule has 0 aliphatic rings. The summed E-state index contributed by atoms with van der Waals surface area (Å²) >= 11 is 6.73. The van der Waals surface area contributed by atoms with Crippen LogP contribution in [0.2, 0.25) is 0 Å². The average molecular weight is 281 g/mol. The highest BCUT2D eigenvalue weighted by Gasteiger charge is 2.06. The highest BCUT2D eigenvalue weighted by molar-refractivity contribution is 7.80. The Bertz CT molecular complexity index is 553. The maximum absolute atomic E-state index is 5.19. The van der Waals surface area contributed by atoms with Crippen molar-refractivity contribution in [2.45, 2.75) is 13.3 Å². The Morgan fingerprint density at radius 2 is 2.33 bits per heavy atom. The van der Waals surface area contributed by atoms with Gasteiger partial charge in [0, 0.05) is 6.54 Å². The maximum Gasteiger partial charge on any atom is 0.190 e. The van der Waals surface area contributed by atoms with Crippen molar-refractivity contribution in [1.82, 2.24) is 10.3 Å². The highest BCUT2D eigenvalue weighted by Crippen LogP contribution is 2.28. The molecular formula is C12H15N3OS2. The molecule has 0 aliphatic heterocycles. The van der Waals surface area contributed by atoms with Crippen LogP contribution in [0.1, 0.15) is 13.3 Å². The number of thiocarbonyl (C=S) groups is 1. The maximum atomic E-state index is 5.19. The zero-order valence-electron chi connectivity index (χ0n) is 10.3. The van der Waals surface area contributed by atoms with E-state index in [2.05, 4.69) is 22.5 Å². The second kappa shape index (κ2) is 5.97. The Kier molecular flexibility index (Phi) is 4.33. The second-order valence-electron chi connectivity index (χ2n) is 3.73. The minimum atomic E-state index is 0.614. The average Bonchev–Trinajstić information content (AvgIpc) is 2.77. The summed E-state index contributed by atoms with van der Waals surface area (Å²) in [5.41, 5.74) is 0.946. The molecule has 0 amide bonds. The molecule has 2 N–H and O–H groups in total. The number of thiazole rings is 1. The first kappa shape index (κ1) is 13.0. The lowest BCUT2D eigenvalue weighted by Gasteiger charge is -2.05. The number of aromatic nitrogens is 1. The molecule has 0 aliphatic carbocycles. The van der Waals surface area contributed by atoms with Crippen molar-refractivity contribution in [3.63, 3.8) is 0 Å². The number of benzene rings is 1.